The number of thiazole rings is 1. The first-order valence-electron chi connectivity index (χ1n) is 7.77. The highest BCUT2D eigenvalue weighted by Gasteiger charge is 2.13. The van der Waals surface area contributed by atoms with Crippen molar-refractivity contribution < 1.29 is 0 Å². The monoisotopic (exact) mass is 357 g/mol. The summed E-state index contributed by atoms with van der Waals surface area (Å²) in [5.74, 6) is 0. The molecule has 3 aromatic heterocycles. The number of pyridine rings is 1. The van der Waals surface area contributed by atoms with Crippen LogP contribution in [-0.2, 0) is 6.42 Å². The number of fused-ring (bicyclic) bond motifs is 1. The third-order valence-electron chi connectivity index (χ3n) is 3.98. The highest BCUT2D eigenvalue weighted by Crippen LogP contribution is 2.31. The summed E-state index contributed by atoms with van der Waals surface area (Å²) in [6.07, 6.45) is 9.45. The lowest BCUT2D eigenvalue weighted by molar-refractivity contribution is 0.919. The van der Waals surface area contributed by atoms with Gasteiger partial charge in [0.1, 0.15) is 10.8 Å². The number of allylic oxidation sites excluding steroid dienone is 1. The van der Waals surface area contributed by atoms with E-state index in [0.29, 0.717) is 5.15 Å². The fourth-order valence-electron chi connectivity index (χ4n) is 2.71. The molecule has 0 saturated heterocycles. The van der Waals surface area contributed by atoms with Gasteiger partial charge in [0.25, 0.3) is 0 Å². The lowest BCUT2D eigenvalue weighted by Gasteiger charge is -2.08. The second kappa shape index (κ2) is 6.75. The summed E-state index contributed by atoms with van der Waals surface area (Å²) < 4.78 is 0. The van der Waals surface area contributed by atoms with Crippen molar-refractivity contribution in [2.75, 3.05) is 18.4 Å². The maximum atomic E-state index is 6.33. The number of nitrogens with one attached hydrogen (secondary N) is 2. The molecule has 0 aromatic carbocycles. The third-order valence-corrected chi connectivity index (χ3v) is 5.42. The molecule has 0 radical (unpaired) electrons. The average Bonchev–Trinajstić information content (AvgIpc) is 3.18. The van der Waals surface area contributed by atoms with Crippen molar-refractivity contribution in [3.63, 3.8) is 0 Å². The largest absolute Gasteiger partial charge is 0.358 e. The summed E-state index contributed by atoms with van der Waals surface area (Å²) in [6, 6.07) is 4.02. The van der Waals surface area contributed by atoms with Crippen LogP contribution in [0.3, 0.4) is 0 Å². The fourth-order valence-corrected chi connectivity index (χ4v) is 3.90. The van der Waals surface area contributed by atoms with E-state index in [0.717, 1.165) is 47.0 Å². The minimum atomic E-state index is 0.569. The molecule has 4 rings (SSSR count). The van der Waals surface area contributed by atoms with Crippen LogP contribution in [-0.4, -0.2) is 34.3 Å². The lowest BCUT2D eigenvalue weighted by Crippen LogP contribution is -2.07. The van der Waals surface area contributed by atoms with Crippen LogP contribution >= 0.6 is 22.9 Å². The molecule has 0 bridgehead atoms. The van der Waals surface area contributed by atoms with Crippen molar-refractivity contribution in [3.05, 3.63) is 51.8 Å². The minimum absolute atomic E-state index is 0.569. The van der Waals surface area contributed by atoms with E-state index in [1.165, 1.54) is 11.1 Å². The number of hydrogen-bond acceptors (Lipinski definition) is 5. The van der Waals surface area contributed by atoms with E-state index in [-0.39, 0.29) is 0 Å². The Morgan fingerprint density at radius 2 is 2.33 bits per heavy atom. The highest BCUT2D eigenvalue weighted by molar-refractivity contribution is 7.16. The Labute approximate surface area is 148 Å². The number of anilines is 1. The summed E-state index contributed by atoms with van der Waals surface area (Å²) in [6.45, 7) is 1.65. The van der Waals surface area contributed by atoms with Crippen LogP contribution in [0, 0.1) is 0 Å². The van der Waals surface area contributed by atoms with Crippen LogP contribution in [0.4, 0.5) is 5.13 Å². The molecule has 1 aliphatic rings. The van der Waals surface area contributed by atoms with Crippen LogP contribution in [0.2, 0.25) is 5.15 Å². The fraction of sp³-hybridized carbons (Fsp3) is 0.235. The van der Waals surface area contributed by atoms with Gasteiger partial charge in [-0.2, -0.15) is 0 Å². The minimum Gasteiger partial charge on any atom is -0.358 e. The van der Waals surface area contributed by atoms with Gasteiger partial charge in [0, 0.05) is 43.5 Å². The maximum absolute atomic E-state index is 6.33. The van der Waals surface area contributed by atoms with Crippen molar-refractivity contribution in [2.45, 2.75) is 12.8 Å². The maximum Gasteiger partial charge on any atom is 0.184 e. The van der Waals surface area contributed by atoms with Crippen molar-refractivity contribution in [3.8, 4) is 0 Å². The van der Waals surface area contributed by atoms with Crippen LogP contribution in [0.15, 0.2) is 41.2 Å². The third kappa shape index (κ3) is 3.20. The van der Waals surface area contributed by atoms with Crippen molar-refractivity contribution in [1.82, 2.24) is 15.0 Å². The number of aromatic amines is 1. The van der Waals surface area contributed by atoms with E-state index in [9.17, 15) is 0 Å². The number of hydrogen-bond donors (Lipinski definition) is 2. The zero-order valence-electron chi connectivity index (χ0n) is 12.9. The number of rotatable bonds is 5. The molecule has 24 heavy (non-hydrogen) atoms. The molecule has 2 N–H and O–H groups in total. The summed E-state index contributed by atoms with van der Waals surface area (Å²) in [7, 11) is 0. The van der Waals surface area contributed by atoms with Gasteiger partial charge in [-0.1, -0.05) is 11.6 Å². The topological polar surface area (TPSA) is 66.0 Å². The Hall–Kier alpha value is -2.18. The molecule has 0 unspecified atom stereocenters. The smallest absolute Gasteiger partial charge is 0.184 e. The molecule has 4 heterocycles. The van der Waals surface area contributed by atoms with Gasteiger partial charge in [-0.3, -0.25) is 4.99 Å². The van der Waals surface area contributed by atoms with Crippen LogP contribution in [0.1, 0.15) is 16.9 Å². The Morgan fingerprint density at radius 3 is 3.21 bits per heavy atom. The first kappa shape index (κ1) is 15.4. The zero-order chi connectivity index (χ0) is 16.4. The van der Waals surface area contributed by atoms with Gasteiger partial charge in [0.05, 0.1) is 4.88 Å². The second-order valence-corrected chi connectivity index (χ2v) is 7.05. The Balaban J connectivity index is 1.49. The molecular formula is C17H16ClN5S. The van der Waals surface area contributed by atoms with Crippen LogP contribution < -0.4 is 5.32 Å². The van der Waals surface area contributed by atoms with E-state index in [1.54, 1.807) is 17.5 Å². The second-order valence-electron chi connectivity index (χ2n) is 5.61. The molecule has 0 amide bonds. The van der Waals surface area contributed by atoms with E-state index in [4.69, 9.17) is 11.6 Å². The summed E-state index contributed by atoms with van der Waals surface area (Å²) in [5, 5.41) is 5.92. The van der Waals surface area contributed by atoms with E-state index < -0.39 is 0 Å². The van der Waals surface area contributed by atoms with Crippen molar-refractivity contribution in [2.24, 2.45) is 4.99 Å². The van der Waals surface area contributed by atoms with E-state index in [1.807, 2.05) is 18.5 Å². The van der Waals surface area contributed by atoms with Crippen LogP contribution in [0.5, 0.6) is 0 Å². The van der Waals surface area contributed by atoms with Gasteiger partial charge in [0.15, 0.2) is 5.13 Å². The Bertz CT molecular complexity index is 924. The lowest BCUT2D eigenvalue weighted by atomic mass is 10.1. The average molecular weight is 358 g/mol. The first-order chi connectivity index (χ1) is 11.8. The summed E-state index contributed by atoms with van der Waals surface area (Å²) in [5.41, 5.74) is 3.42. The van der Waals surface area contributed by atoms with Gasteiger partial charge in [0.2, 0.25) is 0 Å². The summed E-state index contributed by atoms with van der Waals surface area (Å²) >= 11 is 7.94. The number of dihydropyridines is 1. The van der Waals surface area contributed by atoms with Gasteiger partial charge >= 0.3 is 0 Å². The number of halogens is 1. The molecule has 0 atom stereocenters. The van der Waals surface area contributed by atoms with Gasteiger partial charge in [-0.25, -0.2) is 9.97 Å². The highest BCUT2D eigenvalue weighted by atomic mass is 35.5. The molecule has 0 fully saturated rings. The number of nitrogens with zero attached hydrogens (tertiary/aromatic N) is 3. The van der Waals surface area contributed by atoms with Crippen molar-refractivity contribution in [1.29, 1.82) is 0 Å². The van der Waals surface area contributed by atoms with Crippen LogP contribution in [0.25, 0.3) is 11.0 Å². The van der Waals surface area contributed by atoms with E-state index in [2.05, 4.69) is 37.4 Å². The Kier molecular flexibility index (Phi) is 4.32. The van der Waals surface area contributed by atoms with Crippen molar-refractivity contribution >= 4 is 45.3 Å². The normalized spacial score (nSPS) is 14.1. The predicted octanol–water partition coefficient (Wildman–Crippen LogP) is 4.08. The zero-order valence-corrected chi connectivity index (χ0v) is 14.5. The predicted molar refractivity (Wildman–Crippen MR) is 101 cm³/mol. The van der Waals surface area contributed by atoms with Gasteiger partial charge in [-0.05, 0) is 35.8 Å². The molecule has 0 spiro atoms. The molecule has 122 valence electrons. The molecule has 0 aliphatic carbocycles. The SMILES string of the molecule is Clc1nc(NCC2=CC=NCC2)sc1Cc1c[nH]c2ncccc12. The molecule has 7 heteroatoms. The molecule has 5 nitrogen and oxygen atoms in total. The Morgan fingerprint density at radius 1 is 1.38 bits per heavy atom. The van der Waals surface area contributed by atoms with Gasteiger partial charge in [-0.15, -0.1) is 11.3 Å². The molecule has 3 aromatic rings. The quantitative estimate of drug-likeness (QED) is 0.723. The standard InChI is InChI=1S/C17H16ClN5S/c18-15-14(8-12-10-21-16-13(12)2-1-5-20-16)24-17(23-15)22-9-11-3-6-19-7-4-11/h1-3,5-6,10H,4,7-9H2,(H,20,21)(H,22,23). The summed E-state index contributed by atoms with van der Waals surface area (Å²) in [4.78, 5) is 17.2. The van der Waals surface area contributed by atoms with E-state index >= 15 is 0 Å². The number of aromatic nitrogens is 3. The number of H-pyrrole nitrogens is 1. The molecule has 0 saturated carbocycles. The first-order valence-corrected chi connectivity index (χ1v) is 8.97. The molecule has 1 aliphatic heterocycles. The molecular weight excluding hydrogens is 342 g/mol. The van der Waals surface area contributed by atoms with Gasteiger partial charge < -0.3 is 10.3 Å². The number of aliphatic imine (C=N–C) groups is 1.